The Kier molecular flexibility index (Phi) is 2.28. The molecule has 1 nitrogen and oxygen atoms in total. The Bertz CT molecular complexity index is 487. The summed E-state index contributed by atoms with van der Waals surface area (Å²) in [5, 5.41) is 2.57. The van der Waals surface area contributed by atoms with Gasteiger partial charge in [-0.2, -0.15) is 0 Å². The van der Waals surface area contributed by atoms with Crippen LogP contribution in [0.2, 0.25) is 0 Å². The van der Waals surface area contributed by atoms with Crippen molar-refractivity contribution in [2.45, 2.75) is 26.3 Å². The van der Waals surface area contributed by atoms with Gasteiger partial charge in [0.25, 0.3) is 0 Å². The Morgan fingerprint density at radius 2 is 1.60 bits per heavy atom. The van der Waals surface area contributed by atoms with Crippen LogP contribution in [-0.2, 0) is 5.54 Å². The summed E-state index contributed by atoms with van der Waals surface area (Å²) < 4.78 is 0. The van der Waals surface area contributed by atoms with Gasteiger partial charge in [-0.3, -0.25) is 0 Å². The van der Waals surface area contributed by atoms with E-state index in [0.29, 0.717) is 0 Å². The minimum absolute atomic E-state index is 0.286. The Morgan fingerprint density at radius 3 is 2.20 bits per heavy atom. The number of aryl methyl sites for hydroxylation is 1. The van der Waals surface area contributed by atoms with Crippen molar-refractivity contribution in [2.75, 3.05) is 0 Å². The molecule has 2 rings (SSSR count). The SMILES string of the molecule is Cc1cccc2cccc(C(C)(C)N)c12. The summed E-state index contributed by atoms with van der Waals surface area (Å²) in [7, 11) is 0. The van der Waals surface area contributed by atoms with Crippen LogP contribution in [0.5, 0.6) is 0 Å². The number of rotatable bonds is 1. The average Bonchev–Trinajstić information content (AvgIpc) is 2.16. The Balaban J connectivity index is 2.86. The van der Waals surface area contributed by atoms with Crippen LogP contribution in [0.3, 0.4) is 0 Å². The molecule has 0 aliphatic rings. The summed E-state index contributed by atoms with van der Waals surface area (Å²) in [5.74, 6) is 0. The summed E-state index contributed by atoms with van der Waals surface area (Å²) in [6, 6.07) is 12.7. The van der Waals surface area contributed by atoms with Gasteiger partial charge in [-0.15, -0.1) is 0 Å². The van der Waals surface area contributed by atoms with Crippen molar-refractivity contribution in [3.63, 3.8) is 0 Å². The van der Waals surface area contributed by atoms with Crippen LogP contribution in [0.1, 0.15) is 25.0 Å². The topological polar surface area (TPSA) is 26.0 Å². The van der Waals surface area contributed by atoms with E-state index in [2.05, 4.69) is 43.3 Å². The summed E-state index contributed by atoms with van der Waals surface area (Å²) >= 11 is 0. The van der Waals surface area contributed by atoms with Crippen molar-refractivity contribution >= 4 is 10.8 Å². The molecule has 2 N–H and O–H groups in total. The first kappa shape index (κ1) is 10.2. The van der Waals surface area contributed by atoms with Crippen LogP contribution in [-0.4, -0.2) is 0 Å². The van der Waals surface area contributed by atoms with Gasteiger partial charge < -0.3 is 5.73 Å². The standard InChI is InChI=1S/C14H17N/c1-10-6-4-7-11-8-5-9-12(13(10)11)14(2,3)15/h4-9H,15H2,1-3H3. The maximum atomic E-state index is 6.19. The van der Waals surface area contributed by atoms with Gasteiger partial charge in [0.05, 0.1) is 0 Å². The normalized spacial score (nSPS) is 12.0. The van der Waals surface area contributed by atoms with Crippen LogP contribution < -0.4 is 5.73 Å². The zero-order valence-corrected chi connectivity index (χ0v) is 9.54. The van der Waals surface area contributed by atoms with Gasteiger partial charge >= 0.3 is 0 Å². The lowest BCUT2D eigenvalue weighted by atomic mass is 9.88. The van der Waals surface area contributed by atoms with Gasteiger partial charge in [0.2, 0.25) is 0 Å². The second-order valence-corrected chi connectivity index (χ2v) is 4.70. The maximum absolute atomic E-state index is 6.19. The molecule has 0 aromatic heterocycles. The highest BCUT2D eigenvalue weighted by Crippen LogP contribution is 2.28. The molecule has 1 heteroatoms. The molecule has 0 aliphatic carbocycles. The van der Waals surface area contributed by atoms with Crippen LogP contribution in [0, 0.1) is 6.92 Å². The van der Waals surface area contributed by atoms with Crippen molar-refractivity contribution in [1.29, 1.82) is 0 Å². The van der Waals surface area contributed by atoms with E-state index in [1.807, 2.05) is 13.8 Å². The zero-order valence-electron chi connectivity index (χ0n) is 9.54. The largest absolute Gasteiger partial charge is 0.322 e. The molecule has 2 aromatic rings. The highest BCUT2D eigenvalue weighted by molar-refractivity contribution is 5.89. The van der Waals surface area contributed by atoms with Crippen molar-refractivity contribution in [3.05, 3.63) is 47.5 Å². The summed E-state index contributed by atoms with van der Waals surface area (Å²) in [6.45, 7) is 6.24. The van der Waals surface area contributed by atoms with Gasteiger partial charge in [-0.1, -0.05) is 36.4 Å². The molecule has 0 amide bonds. The number of hydrogen-bond acceptors (Lipinski definition) is 1. The van der Waals surface area contributed by atoms with E-state index in [1.165, 1.54) is 21.9 Å². The maximum Gasteiger partial charge on any atom is 0.0358 e. The second-order valence-electron chi connectivity index (χ2n) is 4.70. The van der Waals surface area contributed by atoms with E-state index >= 15 is 0 Å². The van der Waals surface area contributed by atoms with Crippen LogP contribution in [0.25, 0.3) is 10.8 Å². The molecule has 0 saturated carbocycles. The second kappa shape index (κ2) is 3.35. The average molecular weight is 199 g/mol. The predicted molar refractivity (Wildman–Crippen MR) is 65.9 cm³/mol. The molecule has 0 unspecified atom stereocenters. The smallest absolute Gasteiger partial charge is 0.0358 e. The highest BCUT2D eigenvalue weighted by atomic mass is 14.7. The third-order valence-electron chi connectivity index (χ3n) is 2.81. The molecule has 0 aliphatic heterocycles. The van der Waals surface area contributed by atoms with Crippen LogP contribution in [0.15, 0.2) is 36.4 Å². The lowest BCUT2D eigenvalue weighted by Gasteiger charge is -2.22. The minimum Gasteiger partial charge on any atom is -0.322 e. The lowest BCUT2D eigenvalue weighted by Crippen LogP contribution is -2.29. The Morgan fingerprint density at radius 1 is 1.00 bits per heavy atom. The molecule has 0 atom stereocenters. The fourth-order valence-electron chi connectivity index (χ4n) is 2.07. The monoisotopic (exact) mass is 199 g/mol. The van der Waals surface area contributed by atoms with Gasteiger partial charge in [-0.25, -0.2) is 0 Å². The molecular formula is C14H17N. The van der Waals surface area contributed by atoms with E-state index in [1.54, 1.807) is 0 Å². The van der Waals surface area contributed by atoms with Gasteiger partial charge in [-0.05, 0) is 42.7 Å². The molecule has 0 bridgehead atoms. The minimum atomic E-state index is -0.286. The third kappa shape index (κ3) is 1.75. The molecular weight excluding hydrogens is 182 g/mol. The number of benzene rings is 2. The van der Waals surface area contributed by atoms with Crippen molar-refractivity contribution in [1.82, 2.24) is 0 Å². The van der Waals surface area contributed by atoms with E-state index in [4.69, 9.17) is 5.73 Å². The lowest BCUT2D eigenvalue weighted by molar-refractivity contribution is 0.559. The van der Waals surface area contributed by atoms with E-state index in [9.17, 15) is 0 Å². The summed E-state index contributed by atoms with van der Waals surface area (Å²) in [5.41, 5.74) is 8.42. The van der Waals surface area contributed by atoms with Crippen LogP contribution in [0.4, 0.5) is 0 Å². The predicted octanol–water partition coefficient (Wildman–Crippen LogP) is 3.34. The molecule has 15 heavy (non-hydrogen) atoms. The first-order chi connectivity index (χ1) is 7.00. The molecule has 0 fully saturated rings. The van der Waals surface area contributed by atoms with Crippen molar-refractivity contribution in [3.8, 4) is 0 Å². The van der Waals surface area contributed by atoms with E-state index < -0.39 is 0 Å². The number of nitrogens with two attached hydrogens (primary N) is 1. The highest BCUT2D eigenvalue weighted by Gasteiger charge is 2.17. The van der Waals surface area contributed by atoms with Crippen LogP contribution >= 0.6 is 0 Å². The fourth-order valence-corrected chi connectivity index (χ4v) is 2.07. The molecule has 0 radical (unpaired) electrons. The Hall–Kier alpha value is -1.34. The van der Waals surface area contributed by atoms with Crippen molar-refractivity contribution < 1.29 is 0 Å². The van der Waals surface area contributed by atoms with Gasteiger partial charge in [0.1, 0.15) is 0 Å². The summed E-state index contributed by atoms with van der Waals surface area (Å²) in [4.78, 5) is 0. The first-order valence-corrected chi connectivity index (χ1v) is 5.28. The first-order valence-electron chi connectivity index (χ1n) is 5.28. The molecule has 78 valence electrons. The third-order valence-corrected chi connectivity index (χ3v) is 2.81. The zero-order chi connectivity index (χ0) is 11.1. The fraction of sp³-hybridized carbons (Fsp3) is 0.286. The number of hydrogen-bond donors (Lipinski definition) is 1. The molecule has 0 heterocycles. The Labute approximate surface area is 90.9 Å². The molecule has 2 aromatic carbocycles. The molecule has 0 saturated heterocycles. The number of fused-ring (bicyclic) bond motifs is 1. The molecule has 0 spiro atoms. The van der Waals surface area contributed by atoms with E-state index in [-0.39, 0.29) is 5.54 Å². The summed E-state index contributed by atoms with van der Waals surface area (Å²) in [6.07, 6.45) is 0. The van der Waals surface area contributed by atoms with Crippen molar-refractivity contribution in [2.24, 2.45) is 5.73 Å². The quantitative estimate of drug-likeness (QED) is 0.749. The van der Waals surface area contributed by atoms with Gasteiger partial charge in [0, 0.05) is 5.54 Å². The van der Waals surface area contributed by atoms with E-state index in [0.717, 1.165) is 0 Å². The van der Waals surface area contributed by atoms with Gasteiger partial charge in [0.15, 0.2) is 0 Å².